The van der Waals surface area contributed by atoms with E-state index in [1.165, 1.54) is 6.42 Å². The molecule has 1 fully saturated rings. The molecule has 0 aliphatic heterocycles. The van der Waals surface area contributed by atoms with Crippen LogP contribution in [-0.2, 0) is 4.74 Å². The highest BCUT2D eigenvalue weighted by Gasteiger charge is 2.28. The Morgan fingerprint density at radius 3 is 2.58 bits per heavy atom. The van der Waals surface area contributed by atoms with Gasteiger partial charge in [-0.3, -0.25) is 0 Å². The van der Waals surface area contributed by atoms with E-state index in [0.717, 1.165) is 51.4 Å². The number of carbonyl (C=O) groups excluding carboxylic acids is 1. The highest BCUT2D eigenvalue weighted by atomic mass is 16.5. The van der Waals surface area contributed by atoms with Gasteiger partial charge < -0.3 is 9.84 Å². The average molecular weight is 328 g/mol. The minimum Gasteiger partial charge on any atom is -0.446 e. The molecule has 24 heavy (non-hydrogen) atoms. The Labute approximate surface area is 145 Å². The summed E-state index contributed by atoms with van der Waals surface area (Å²) in [5, 5.41) is 10.5. The van der Waals surface area contributed by atoms with E-state index in [-0.39, 0.29) is 12.1 Å². The first-order valence-corrected chi connectivity index (χ1v) is 9.04. The predicted octanol–water partition coefficient (Wildman–Crippen LogP) is 4.49. The number of hydrogen-bond donors (Lipinski definition) is 1. The molecule has 1 aromatic rings. The number of rotatable bonds is 7. The lowest BCUT2D eigenvalue weighted by molar-refractivity contribution is -0.00672. The molecule has 1 unspecified atom stereocenters. The molecular weight excluding hydrogens is 300 g/mol. The largest absolute Gasteiger partial charge is 0.446 e. The van der Waals surface area contributed by atoms with E-state index >= 15 is 0 Å². The smallest absolute Gasteiger partial charge is 0.339 e. The highest BCUT2D eigenvalue weighted by molar-refractivity contribution is 5.89. The maximum absolute atomic E-state index is 12.1. The molecule has 0 radical (unpaired) electrons. The quantitative estimate of drug-likeness (QED) is 0.456. The van der Waals surface area contributed by atoms with Crippen molar-refractivity contribution < 1.29 is 14.6 Å². The third-order valence-corrected chi connectivity index (χ3v) is 4.71. The second kappa shape index (κ2) is 9.49. The fraction of sp³-hybridized carbons (Fsp3) is 0.571. The molecule has 3 nitrogen and oxygen atoms in total. The van der Waals surface area contributed by atoms with Crippen molar-refractivity contribution in [2.45, 2.75) is 76.4 Å². The molecule has 1 aliphatic rings. The molecule has 0 saturated heterocycles. The van der Waals surface area contributed by atoms with Crippen LogP contribution in [0, 0.1) is 11.8 Å². The van der Waals surface area contributed by atoms with Gasteiger partial charge in [-0.25, -0.2) is 4.79 Å². The molecule has 1 N–H and O–H groups in total. The van der Waals surface area contributed by atoms with Crippen molar-refractivity contribution in [2.24, 2.45) is 0 Å². The van der Waals surface area contributed by atoms with E-state index in [1.807, 2.05) is 18.2 Å². The number of unbranched alkanes of at least 4 members (excludes halogenated alkanes) is 1. The van der Waals surface area contributed by atoms with E-state index in [2.05, 4.69) is 11.8 Å². The second-order valence-corrected chi connectivity index (χ2v) is 6.69. The maximum Gasteiger partial charge on any atom is 0.339 e. The third kappa shape index (κ3) is 6.02. The van der Waals surface area contributed by atoms with Gasteiger partial charge in [0.25, 0.3) is 0 Å². The number of aliphatic hydroxyl groups is 1. The van der Waals surface area contributed by atoms with Gasteiger partial charge in [-0.2, -0.15) is 0 Å². The Morgan fingerprint density at radius 1 is 1.21 bits per heavy atom. The first-order chi connectivity index (χ1) is 11.6. The average Bonchev–Trinajstić information content (AvgIpc) is 2.60. The number of esters is 1. The highest BCUT2D eigenvalue weighted by Crippen LogP contribution is 2.32. The van der Waals surface area contributed by atoms with Gasteiger partial charge in [-0.15, -0.1) is 5.92 Å². The van der Waals surface area contributed by atoms with Crippen LogP contribution in [0.3, 0.4) is 0 Å². The normalized spacial score (nSPS) is 17.4. The van der Waals surface area contributed by atoms with Gasteiger partial charge in [0.1, 0.15) is 0 Å². The Hall–Kier alpha value is -1.79. The molecule has 0 amide bonds. The van der Waals surface area contributed by atoms with Crippen molar-refractivity contribution in [1.82, 2.24) is 0 Å². The van der Waals surface area contributed by atoms with Gasteiger partial charge in [-0.1, -0.05) is 49.8 Å². The van der Waals surface area contributed by atoms with E-state index in [9.17, 15) is 9.90 Å². The summed E-state index contributed by atoms with van der Waals surface area (Å²) in [6, 6.07) is 9.01. The van der Waals surface area contributed by atoms with Crippen LogP contribution < -0.4 is 0 Å². The van der Waals surface area contributed by atoms with Crippen molar-refractivity contribution in [3.63, 3.8) is 0 Å². The summed E-state index contributed by atoms with van der Waals surface area (Å²) in [4.78, 5) is 12.1. The fourth-order valence-electron chi connectivity index (χ4n) is 3.34. The Bertz CT molecular complexity index is 562. The third-order valence-electron chi connectivity index (χ3n) is 4.71. The van der Waals surface area contributed by atoms with Crippen molar-refractivity contribution in [2.75, 3.05) is 0 Å². The monoisotopic (exact) mass is 328 g/mol. The Kier molecular flexibility index (Phi) is 7.34. The summed E-state index contributed by atoms with van der Waals surface area (Å²) in [6.07, 6.45) is 8.40. The molecule has 1 atom stereocenters. The second-order valence-electron chi connectivity index (χ2n) is 6.69. The van der Waals surface area contributed by atoms with Crippen LogP contribution in [0.1, 0.15) is 75.1 Å². The first kappa shape index (κ1) is 18.5. The molecule has 1 aliphatic carbocycles. The van der Waals surface area contributed by atoms with Gasteiger partial charge in [-0.05, 0) is 51.2 Å². The lowest BCUT2D eigenvalue weighted by Gasteiger charge is -2.32. The maximum atomic E-state index is 12.1. The molecule has 0 heterocycles. The summed E-state index contributed by atoms with van der Waals surface area (Å²) in [6.45, 7) is 1.76. The van der Waals surface area contributed by atoms with Crippen LogP contribution >= 0.6 is 0 Å². The van der Waals surface area contributed by atoms with Crippen LogP contribution in [-0.4, -0.2) is 22.8 Å². The number of benzene rings is 1. The lowest BCUT2D eigenvalue weighted by atomic mass is 9.81. The molecule has 0 bridgehead atoms. The lowest BCUT2D eigenvalue weighted by Crippen LogP contribution is -2.31. The fourth-order valence-corrected chi connectivity index (χ4v) is 3.34. The molecule has 0 aromatic heterocycles. The number of carbonyl (C=O) groups is 1. The van der Waals surface area contributed by atoms with Crippen LogP contribution in [0.2, 0.25) is 0 Å². The molecule has 130 valence electrons. The summed E-state index contributed by atoms with van der Waals surface area (Å²) in [7, 11) is 0. The Morgan fingerprint density at radius 2 is 1.92 bits per heavy atom. The van der Waals surface area contributed by atoms with Gasteiger partial charge in [0.15, 0.2) is 6.10 Å². The zero-order valence-corrected chi connectivity index (χ0v) is 14.6. The Balaban J connectivity index is 1.76. The molecule has 2 rings (SSSR count). The van der Waals surface area contributed by atoms with Crippen LogP contribution in [0.4, 0.5) is 0 Å². The van der Waals surface area contributed by atoms with Gasteiger partial charge in [0, 0.05) is 0 Å². The minimum absolute atomic E-state index is 0.325. The molecule has 1 saturated carbocycles. The zero-order chi connectivity index (χ0) is 17.3. The minimum atomic E-state index is -0.467. The van der Waals surface area contributed by atoms with E-state index in [4.69, 9.17) is 4.74 Å². The summed E-state index contributed by atoms with van der Waals surface area (Å²) in [5.41, 5.74) is 0.0853. The SMILES string of the molecule is CC#CC(CCCCC1(O)CCCCC1)OC(=O)c1ccccc1. The van der Waals surface area contributed by atoms with Crippen molar-refractivity contribution in [3.8, 4) is 11.8 Å². The topological polar surface area (TPSA) is 46.5 Å². The number of ether oxygens (including phenoxy) is 1. The van der Waals surface area contributed by atoms with E-state index in [0.29, 0.717) is 5.56 Å². The molecule has 3 heteroatoms. The van der Waals surface area contributed by atoms with Crippen molar-refractivity contribution >= 4 is 5.97 Å². The van der Waals surface area contributed by atoms with Crippen LogP contribution in [0.5, 0.6) is 0 Å². The molecule has 1 aromatic carbocycles. The predicted molar refractivity (Wildman–Crippen MR) is 95.6 cm³/mol. The summed E-state index contributed by atoms with van der Waals surface area (Å²) >= 11 is 0. The first-order valence-electron chi connectivity index (χ1n) is 9.04. The van der Waals surface area contributed by atoms with Gasteiger partial charge in [0.2, 0.25) is 0 Å². The molecule has 0 spiro atoms. The summed E-state index contributed by atoms with van der Waals surface area (Å²) in [5.74, 6) is 5.50. The van der Waals surface area contributed by atoms with Crippen LogP contribution in [0.15, 0.2) is 30.3 Å². The zero-order valence-electron chi connectivity index (χ0n) is 14.6. The van der Waals surface area contributed by atoms with Crippen molar-refractivity contribution in [1.29, 1.82) is 0 Å². The van der Waals surface area contributed by atoms with E-state index in [1.54, 1.807) is 19.1 Å². The van der Waals surface area contributed by atoms with E-state index < -0.39 is 5.60 Å². The number of hydrogen-bond acceptors (Lipinski definition) is 3. The van der Waals surface area contributed by atoms with Gasteiger partial charge in [0.05, 0.1) is 11.2 Å². The summed E-state index contributed by atoms with van der Waals surface area (Å²) < 4.78 is 5.52. The standard InChI is InChI=1S/C21H28O3/c1-2-11-19(24-20(22)18-12-5-3-6-13-18)14-7-10-17-21(23)15-8-4-9-16-21/h3,5-6,12-13,19,23H,4,7-10,14-17H2,1H3. The van der Waals surface area contributed by atoms with Gasteiger partial charge >= 0.3 is 5.97 Å². The van der Waals surface area contributed by atoms with Crippen molar-refractivity contribution in [3.05, 3.63) is 35.9 Å². The molecular formula is C21H28O3. The van der Waals surface area contributed by atoms with Crippen LogP contribution in [0.25, 0.3) is 0 Å².